The predicted octanol–water partition coefficient (Wildman–Crippen LogP) is -1.51. The third-order valence-electron chi connectivity index (χ3n) is 14.0. The molecule has 0 spiro atoms. The summed E-state index contributed by atoms with van der Waals surface area (Å²) in [5, 5.41) is 49.2. The van der Waals surface area contributed by atoms with Crippen molar-refractivity contribution in [3.8, 4) is 5.75 Å². The molecule has 0 unspecified atom stereocenters. The highest BCUT2D eigenvalue weighted by Gasteiger charge is 2.42. The number of aromatic nitrogens is 2. The third kappa shape index (κ3) is 19.6. The van der Waals surface area contributed by atoms with E-state index in [1.54, 1.807) is 20.8 Å². The number of guanidine groups is 1. The van der Waals surface area contributed by atoms with E-state index in [1.807, 2.05) is 37.3 Å². The van der Waals surface area contributed by atoms with Gasteiger partial charge in [0.05, 0.1) is 18.5 Å². The number of aromatic hydroxyl groups is 1. The Morgan fingerprint density at radius 3 is 1.86 bits per heavy atom. The van der Waals surface area contributed by atoms with E-state index in [4.69, 9.17) is 17.2 Å². The number of carbonyl (C=O) groups excluding carboxylic acids is 8. The smallest absolute Gasteiger partial charge is 0.326 e. The normalized spacial score (nSPS) is 17.2. The first-order valence-corrected chi connectivity index (χ1v) is 26.9. The van der Waals surface area contributed by atoms with Gasteiger partial charge in [0, 0.05) is 37.8 Å². The fraction of sp³-hybridized carbons (Fsp3) is 0.537. The zero-order chi connectivity index (χ0) is 59.2. The summed E-state index contributed by atoms with van der Waals surface area (Å²) in [6, 6.07) is 3.22. The van der Waals surface area contributed by atoms with Crippen LogP contribution in [0.2, 0.25) is 0 Å². The number of carboxylic acid groups (broad SMARTS) is 1. The fourth-order valence-corrected chi connectivity index (χ4v) is 8.86. The number of phenolic OH excluding ortho intramolecular Hbond substituents is 1. The molecular weight excluding hydrogens is 1040 g/mol. The van der Waals surface area contributed by atoms with E-state index in [0.29, 0.717) is 30.5 Å². The van der Waals surface area contributed by atoms with Gasteiger partial charge in [-0.05, 0) is 81.0 Å². The van der Waals surface area contributed by atoms with Crippen LogP contribution < -0.4 is 54.4 Å². The Bertz CT molecular complexity index is 2580. The molecule has 26 heteroatoms. The number of aliphatic hydroxyl groups excluding tert-OH is 1. The SMILES string of the molecule is CC[C@H](C)[C@H](NC(=O)[C@H](Cc1ccc(O)cc1)NC(=O)[C@@H]1CCCN1C(=O)[C@@H](NC(=O)[C@H](Cc1cnc[nH]1)NC(=O)[C@H](C)NC(=O)[C@H](CCCN=C(N)N)NC(=O)[C@@H](NC(=O)[C@@H](N)Cc1ccccc1)[C@@H](C)CC)[C@@H](C)O)C(=O)O. The van der Waals surface area contributed by atoms with Crippen molar-refractivity contribution in [2.24, 2.45) is 34.0 Å². The first-order chi connectivity index (χ1) is 37.9. The van der Waals surface area contributed by atoms with Gasteiger partial charge in [0.25, 0.3) is 0 Å². The lowest BCUT2D eigenvalue weighted by Crippen LogP contribution is -2.62. The first kappa shape index (κ1) is 64.4. The van der Waals surface area contributed by atoms with Crippen LogP contribution in [0.5, 0.6) is 5.75 Å². The van der Waals surface area contributed by atoms with Gasteiger partial charge in [-0.2, -0.15) is 0 Å². The van der Waals surface area contributed by atoms with Gasteiger partial charge in [-0.3, -0.25) is 43.3 Å². The predicted molar refractivity (Wildman–Crippen MR) is 294 cm³/mol. The second-order valence-corrected chi connectivity index (χ2v) is 20.3. The number of aliphatic hydroxyl groups is 1. The van der Waals surface area contributed by atoms with Crippen molar-refractivity contribution in [2.45, 2.75) is 160 Å². The highest BCUT2D eigenvalue weighted by molar-refractivity contribution is 5.98. The second kappa shape index (κ2) is 31.5. The number of carboxylic acids is 1. The van der Waals surface area contributed by atoms with E-state index < -0.39 is 126 Å². The molecular formula is C54H80N14O12. The van der Waals surface area contributed by atoms with Crippen molar-refractivity contribution < 1.29 is 58.5 Å². The highest BCUT2D eigenvalue weighted by atomic mass is 16.4. The number of hydrogen-bond acceptors (Lipinski definition) is 14. The minimum atomic E-state index is -1.68. The number of likely N-dealkylation sites (tertiary alicyclic amines) is 1. The number of hydrogen-bond donors (Lipinski definition) is 14. The van der Waals surface area contributed by atoms with Gasteiger partial charge in [-0.25, -0.2) is 9.78 Å². The quantitative estimate of drug-likeness (QED) is 0.0198. The number of rotatable bonds is 31. The minimum absolute atomic E-state index is 0.0110. The standard InChI is InChI=1S/C54H80N14O12/c1-7-29(3)42(65-46(72)37(55)24-33-14-10-9-11-15-33)51(77)62-38(16-12-22-59-54(56)57)47(73)61-31(5)45(71)63-40(26-35-27-58-28-60-35)49(75)67-44(32(6)69)52(78)68-23-13-17-41(68)50(76)64-39(25-34-18-20-36(70)21-19-34)48(74)66-43(53(79)80)30(4)8-2/h9-11,14-15,18-21,27-32,37-44,69-70H,7-8,12-13,16-17,22-26,55H2,1-6H3,(H,58,60)(H,61,73)(H,62,77)(H,63,71)(H,64,76)(H,65,72)(H,66,74)(H,67,75)(H,79,80)(H4,56,57,59)/t29-,30-,31-,32+,37-,38-,39-,40-,41-,42-,43-,44-/m0/s1. The zero-order valence-electron chi connectivity index (χ0n) is 46.1. The lowest BCUT2D eigenvalue weighted by Gasteiger charge is -2.32. The minimum Gasteiger partial charge on any atom is -0.508 e. The van der Waals surface area contributed by atoms with Crippen LogP contribution in [0.15, 0.2) is 72.1 Å². The summed E-state index contributed by atoms with van der Waals surface area (Å²) < 4.78 is 0. The molecule has 2 aromatic carbocycles. The second-order valence-electron chi connectivity index (χ2n) is 20.3. The van der Waals surface area contributed by atoms with Gasteiger partial charge in [0.2, 0.25) is 47.3 Å². The van der Waals surface area contributed by atoms with Gasteiger partial charge in [-0.15, -0.1) is 0 Å². The van der Waals surface area contributed by atoms with Crippen molar-refractivity contribution in [3.05, 3.63) is 83.9 Å². The molecule has 0 aliphatic carbocycles. The Balaban J connectivity index is 1.51. The fourth-order valence-electron chi connectivity index (χ4n) is 8.86. The molecule has 1 saturated heterocycles. The van der Waals surface area contributed by atoms with Crippen LogP contribution in [0.25, 0.3) is 0 Å². The summed E-state index contributed by atoms with van der Waals surface area (Å²) in [5.41, 5.74) is 19.0. The highest BCUT2D eigenvalue weighted by Crippen LogP contribution is 2.21. The number of aliphatic carboxylic acids is 1. The van der Waals surface area contributed by atoms with Crippen LogP contribution in [-0.2, 0) is 62.4 Å². The number of nitrogens with zero attached hydrogens (tertiary/aromatic N) is 3. The van der Waals surface area contributed by atoms with Gasteiger partial charge in [-0.1, -0.05) is 83.0 Å². The largest absolute Gasteiger partial charge is 0.508 e. The van der Waals surface area contributed by atoms with Gasteiger partial charge in [0.15, 0.2) is 5.96 Å². The number of carbonyl (C=O) groups is 9. The van der Waals surface area contributed by atoms with Crippen molar-refractivity contribution in [2.75, 3.05) is 13.1 Å². The molecule has 1 fully saturated rings. The molecule has 0 bridgehead atoms. The number of imidazole rings is 1. The Labute approximate surface area is 465 Å². The van der Waals surface area contributed by atoms with E-state index in [-0.39, 0.29) is 63.3 Å². The van der Waals surface area contributed by atoms with Crippen LogP contribution in [-0.4, -0.2) is 163 Å². The van der Waals surface area contributed by atoms with E-state index in [0.717, 1.165) is 10.5 Å². The van der Waals surface area contributed by atoms with Crippen molar-refractivity contribution >= 4 is 59.2 Å². The van der Waals surface area contributed by atoms with E-state index in [9.17, 15) is 58.5 Å². The maximum atomic E-state index is 14.4. The number of aromatic amines is 1. The maximum Gasteiger partial charge on any atom is 0.326 e. The lowest BCUT2D eigenvalue weighted by molar-refractivity contribution is -0.145. The Morgan fingerprint density at radius 1 is 0.700 bits per heavy atom. The molecule has 2 heterocycles. The summed E-state index contributed by atoms with van der Waals surface area (Å²) in [6.45, 7) is 9.68. The van der Waals surface area contributed by atoms with Crippen LogP contribution in [0.4, 0.5) is 0 Å². The zero-order valence-corrected chi connectivity index (χ0v) is 46.1. The molecule has 17 N–H and O–H groups in total. The molecule has 1 aliphatic rings. The third-order valence-corrected chi connectivity index (χ3v) is 14.0. The summed E-state index contributed by atoms with van der Waals surface area (Å²) in [6.07, 6.45) is 2.54. The molecule has 438 valence electrons. The Kier molecular flexibility index (Phi) is 25.3. The summed E-state index contributed by atoms with van der Waals surface area (Å²) in [4.78, 5) is 136. The molecule has 80 heavy (non-hydrogen) atoms. The number of nitrogens with one attached hydrogen (secondary N) is 8. The van der Waals surface area contributed by atoms with Gasteiger partial charge < -0.3 is 79.6 Å². The number of benzene rings is 2. The molecule has 26 nitrogen and oxygen atoms in total. The van der Waals surface area contributed by atoms with Crippen LogP contribution in [0.1, 0.15) is 96.9 Å². The molecule has 1 aliphatic heterocycles. The molecule has 8 amide bonds. The maximum absolute atomic E-state index is 14.4. The van der Waals surface area contributed by atoms with Crippen molar-refractivity contribution in [1.29, 1.82) is 0 Å². The average Bonchev–Trinajstić information content (AvgIpc) is 4.14. The molecule has 3 aromatic rings. The van der Waals surface area contributed by atoms with E-state index in [1.165, 1.54) is 50.6 Å². The summed E-state index contributed by atoms with van der Waals surface area (Å²) in [7, 11) is 0. The molecule has 12 atom stereocenters. The molecule has 0 saturated carbocycles. The van der Waals surface area contributed by atoms with E-state index >= 15 is 0 Å². The number of H-pyrrole nitrogens is 1. The summed E-state index contributed by atoms with van der Waals surface area (Å²) >= 11 is 0. The van der Waals surface area contributed by atoms with Crippen LogP contribution >= 0.6 is 0 Å². The average molecular weight is 1120 g/mol. The van der Waals surface area contributed by atoms with Crippen LogP contribution in [0.3, 0.4) is 0 Å². The van der Waals surface area contributed by atoms with Crippen molar-refractivity contribution in [3.63, 3.8) is 0 Å². The molecule has 0 radical (unpaired) electrons. The van der Waals surface area contributed by atoms with Crippen molar-refractivity contribution in [1.82, 2.24) is 52.1 Å². The number of phenols is 1. The molecule has 1 aromatic heterocycles. The lowest BCUT2D eigenvalue weighted by atomic mass is 9.96. The van der Waals surface area contributed by atoms with Crippen LogP contribution in [0, 0.1) is 11.8 Å². The molecule has 4 rings (SSSR count). The Morgan fingerprint density at radius 2 is 1.27 bits per heavy atom. The first-order valence-electron chi connectivity index (χ1n) is 26.9. The Hall–Kier alpha value is -8.13. The van der Waals surface area contributed by atoms with E-state index in [2.05, 4.69) is 52.2 Å². The topological polar surface area (TPSA) is 421 Å². The number of nitrogens with two attached hydrogens (primary N) is 3. The van der Waals surface area contributed by atoms with Gasteiger partial charge >= 0.3 is 5.97 Å². The number of aliphatic imine (C=N–C) groups is 1. The monoisotopic (exact) mass is 1120 g/mol. The number of amides is 8. The summed E-state index contributed by atoms with van der Waals surface area (Å²) in [5.74, 6) is -8.72. The van der Waals surface area contributed by atoms with Gasteiger partial charge in [0.1, 0.15) is 54.1 Å².